The Bertz CT molecular complexity index is 457. The summed E-state index contributed by atoms with van der Waals surface area (Å²) in [4.78, 5) is 6.22. The first-order chi connectivity index (χ1) is 7.72. The molecule has 2 aromatic rings. The average Bonchev–Trinajstić information content (AvgIpc) is 2.74. The molecular weight excluding hydrogens is 274 g/mol. The van der Waals surface area contributed by atoms with E-state index in [4.69, 9.17) is 4.52 Å². The third kappa shape index (κ3) is 1.60. The highest BCUT2D eigenvalue weighted by Gasteiger charge is 2.32. The Morgan fingerprint density at radius 1 is 1.50 bits per heavy atom. The van der Waals surface area contributed by atoms with Crippen LogP contribution in [0.4, 0.5) is 6.01 Å². The predicted octanol–water partition coefficient (Wildman–Crippen LogP) is 1.40. The Labute approximate surface area is 100 Å². The number of anilines is 1. The third-order valence-electron chi connectivity index (χ3n) is 2.59. The smallest absolute Gasteiger partial charge is 0.320 e. The highest BCUT2D eigenvalue weighted by atomic mass is 79.9. The maximum absolute atomic E-state index is 5.08. The lowest BCUT2D eigenvalue weighted by Crippen LogP contribution is -2.48. The molecule has 1 saturated heterocycles. The molecule has 3 heterocycles. The van der Waals surface area contributed by atoms with Crippen LogP contribution in [0, 0.1) is 6.92 Å². The summed E-state index contributed by atoms with van der Waals surface area (Å²) in [6.07, 6.45) is 3.76. The van der Waals surface area contributed by atoms with Crippen molar-refractivity contribution in [3.05, 3.63) is 22.7 Å². The molecule has 6 nitrogen and oxygen atoms in total. The van der Waals surface area contributed by atoms with Gasteiger partial charge in [0.05, 0.1) is 16.7 Å². The van der Waals surface area contributed by atoms with Crippen LogP contribution in [0.3, 0.4) is 0 Å². The van der Waals surface area contributed by atoms with Gasteiger partial charge >= 0.3 is 6.01 Å². The van der Waals surface area contributed by atoms with E-state index in [1.54, 1.807) is 6.20 Å². The van der Waals surface area contributed by atoms with Crippen molar-refractivity contribution in [3.63, 3.8) is 0 Å². The first-order valence-electron chi connectivity index (χ1n) is 4.97. The van der Waals surface area contributed by atoms with Crippen molar-refractivity contribution in [1.29, 1.82) is 0 Å². The second-order valence-electron chi connectivity index (χ2n) is 3.82. The van der Waals surface area contributed by atoms with E-state index >= 15 is 0 Å². The van der Waals surface area contributed by atoms with Crippen LogP contribution in [-0.2, 0) is 0 Å². The van der Waals surface area contributed by atoms with Crippen molar-refractivity contribution >= 4 is 21.9 Å². The fraction of sp³-hybridized carbons (Fsp3) is 0.444. The summed E-state index contributed by atoms with van der Waals surface area (Å²) in [6, 6.07) is 0.985. The van der Waals surface area contributed by atoms with Gasteiger partial charge in [-0.05, 0) is 22.9 Å². The molecule has 1 fully saturated rings. The van der Waals surface area contributed by atoms with Crippen molar-refractivity contribution in [2.75, 3.05) is 18.0 Å². The van der Waals surface area contributed by atoms with Gasteiger partial charge in [-0.1, -0.05) is 5.16 Å². The average molecular weight is 284 g/mol. The molecule has 0 aromatic carbocycles. The van der Waals surface area contributed by atoms with Crippen molar-refractivity contribution in [3.8, 4) is 0 Å². The van der Waals surface area contributed by atoms with Gasteiger partial charge in [-0.2, -0.15) is 10.1 Å². The highest BCUT2D eigenvalue weighted by Crippen LogP contribution is 2.26. The van der Waals surface area contributed by atoms with Crippen LogP contribution in [0.25, 0.3) is 0 Å². The van der Waals surface area contributed by atoms with E-state index in [1.807, 2.05) is 22.7 Å². The van der Waals surface area contributed by atoms with E-state index in [2.05, 4.69) is 31.2 Å². The number of hydrogen-bond donors (Lipinski definition) is 0. The molecule has 84 valence electrons. The Morgan fingerprint density at radius 3 is 2.88 bits per heavy atom. The first-order valence-corrected chi connectivity index (χ1v) is 5.76. The van der Waals surface area contributed by atoms with E-state index in [1.165, 1.54) is 0 Å². The molecule has 0 aliphatic carbocycles. The molecule has 7 heteroatoms. The molecular formula is C9H10BrN5O. The van der Waals surface area contributed by atoms with E-state index in [0.717, 1.165) is 17.6 Å². The van der Waals surface area contributed by atoms with Crippen LogP contribution in [0.15, 0.2) is 21.4 Å². The SMILES string of the molecule is Cc1noc(N2CC(n3cc(Br)cn3)C2)n1. The van der Waals surface area contributed by atoms with Crippen LogP contribution in [-0.4, -0.2) is 33.0 Å². The molecule has 1 aliphatic heterocycles. The van der Waals surface area contributed by atoms with E-state index in [0.29, 0.717) is 17.9 Å². The largest absolute Gasteiger partial charge is 0.324 e. The zero-order valence-electron chi connectivity index (χ0n) is 8.67. The molecule has 2 aromatic heterocycles. The summed E-state index contributed by atoms with van der Waals surface area (Å²) in [7, 11) is 0. The lowest BCUT2D eigenvalue weighted by molar-refractivity contribution is 0.325. The normalized spacial score (nSPS) is 16.5. The highest BCUT2D eigenvalue weighted by molar-refractivity contribution is 9.10. The molecule has 1 aliphatic rings. The quantitative estimate of drug-likeness (QED) is 0.834. The summed E-state index contributed by atoms with van der Waals surface area (Å²) in [5, 5.41) is 8.01. The lowest BCUT2D eigenvalue weighted by Gasteiger charge is -2.37. The van der Waals surface area contributed by atoms with E-state index in [-0.39, 0.29) is 0 Å². The fourth-order valence-corrected chi connectivity index (χ4v) is 2.01. The molecule has 0 radical (unpaired) electrons. The van der Waals surface area contributed by atoms with E-state index in [9.17, 15) is 0 Å². The minimum Gasteiger partial charge on any atom is -0.320 e. The van der Waals surface area contributed by atoms with Gasteiger partial charge in [0, 0.05) is 19.3 Å². The molecule has 0 atom stereocenters. The zero-order valence-corrected chi connectivity index (χ0v) is 10.3. The number of halogens is 1. The maximum Gasteiger partial charge on any atom is 0.324 e. The predicted molar refractivity (Wildman–Crippen MR) is 60.2 cm³/mol. The Hall–Kier alpha value is -1.37. The molecule has 0 spiro atoms. The lowest BCUT2D eigenvalue weighted by atomic mass is 10.1. The van der Waals surface area contributed by atoms with Crippen molar-refractivity contribution in [1.82, 2.24) is 19.9 Å². The molecule has 3 rings (SSSR count). The van der Waals surface area contributed by atoms with Gasteiger partial charge in [-0.15, -0.1) is 0 Å². The fourth-order valence-electron chi connectivity index (χ4n) is 1.71. The van der Waals surface area contributed by atoms with Crippen molar-refractivity contribution in [2.45, 2.75) is 13.0 Å². The van der Waals surface area contributed by atoms with Gasteiger partial charge < -0.3 is 9.42 Å². The number of aromatic nitrogens is 4. The molecule has 0 saturated carbocycles. The second kappa shape index (κ2) is 3.58. The first kappa shape index (κ1) is 9.83. The minimum atomic E-state index is 0.388. The number of nitrogens with zero attached hydrogens (tertiary/aromatic N) is 5. The Balaban J connectivity index is 1.66. The van der Waals surface area contributed by atoms with Crippen LogP contribution >= 0.6 is 15.9 Å². The summed E-state index contributed by atoms with van der Waals surface area (Å²) in [6.45, 7) is 3.53. The molecule has 16 heavy (non-hydrogen) atoms. The summed E-state index contributed by atoms with van der Waals surface area (Å²) < 4.78 is 8.03. The van der Waals surface area contributed by atoms with Crippen LogP contribution in [0.1, 0.15) is 11.9 Å². The van der Waals surface area contributed by atoms with Crippen LogP contribution in [0.2, 0.25) is 0 Å². The molecule has 0 N–H and O–H groups in total. The monoisotopic (exact) mass is 283 g/mol. The second-order valence-corrected chi connectivity index (χ2v) is 4.74. The van der Waals surface area contributed by atoms with Gasteiger partial charge in [0.1, 0.15) is 0 Å². The van der Waals surface area contributed by atoms with Gasteiger partial charge in [0.15, 0.2) is 5.82 Å². The molecule has 0 unspecified atom stereocenters. The van der Waals surface area contributed by atoms with Crippen molar-refractivity contribution < 1.29 is 4.52 Å². The standard InChI is InChI=1S/C9H10BrN5O/c1-6-12-9(16-13-6)14-4-8(5-14)15-3-7(10)2-11-15/h2-3,8H,4-5H2,1H3. The van der Waals surface area contributed by atoms with Crippen LogP contribution < -0.4 is 4.90 Å². The molecule has 0 bridgehead atoms. The Kier molecular flexibility index (Phi) is 2.20. The summed E-state index contributed by atoms with van der Waals surface area (Å²) in [5.41, 5.74) is 0. The molecule has 0 amide bonds. The van der Waals surface area contributed by atoms with Crippen LogP contribution in [0.5, 0.6) is 0 Å². The summed E-state index contributed by atoms with van der Waals surface area (Å²) >= 11 is 3.38. The van der Waals surface area contributed by atoms with Gasteiger partial charge in [-0.25, -0.2) is 0 Å². The summed E-state index contributed by atoms with van der Waals surface area (Å²) in [5.74, 6) is 0.667. The van der Waals surface area contributed by atoms with Gasteiger partial charge in [0.2, 0.25) is 0 Å². The van der Waals surface area contributed by atoms with Gasteiger partial charge in [0.25, 0.3) is 0 Å². The van der Waals surface area contributed by atoms with Crippen molar-refractivity contribution in [2.24, 2.45) is 0 Å². The zero-order chi connectivity index (χ0) is 11.1. The number of aryl methyl sites for hydroxylation is 1. The van der Waals surface area contributed by atoms with Gasteiger partial charge in [-0.3, -0.25) is 4.68 Å². The number of rotatable bonds is 2. The number of hydrogen-bond acceptors (Lipinski definition) is 5. The minimum absolute atomic E-state index is 0.388. The maximum atomic E-state index is 5.08. The third-order valence-corrected chi connectivity index (χ3v) is 3.00. The Morgan fingerprint density at radius 2 is 2.31 bits per heavy atom. The topological polar surface area (TPSA) is 60.0 Å². The van der Waals surface area contributed by atoms with E-state index < -0.39 is 0 Å².